The van der Waals surface area contributed by atoms with E-state index in [0.717, 1.165) is 4.57 Å². The zero-order valence-electron chi connectivity index (χ0n) is 15.1. The Morgan fingerprint density at radius 3 is 2.41 bits per heavy atom. The number of fused-ring (bicyclic) bond motifs is 1. The Balaban J connectivity index is 1.86. The number of hydrogen-bond acceptors (Lipinski definition) is 3. The van der Waals surface area contributed by atoms with Crippen molar-refractivity contribution in [1.82, 2.24) is 14.1 Å². The third-order valence-electron chi connectivity index (χ3n) is 4.47. The largest absolute Gasteiger partial charge is 0.344 e. The van der Waals surface area contributed by atoms with Crippen LogP contribution in [0.4, 0.5) is 5.69 Å². The average molecular weight is 429 g/mol. The summed E-state index contributed by atoms with van der Waals surface area (Å²) in [6.45, 7) is 0. The van der Waals surface area contributed by atoms with Crippen molar-refractivity contribution < 1.29 is 4.79 Å². The average Bonchev–Trinajstić information content (AvgIpc) is 3.01. The number of halogens is 2. The van der Waals surface area contributed by atoms with Crippen LogP contribution < -0.4 is 16.6 Å². The number of benzene rings is 2. The topological polar surface area (TPSA) is 88.9 Å². The Morgan fingerprint density at radius 1 is 1.03 bits per heavy atom. The Bertz CT molecular complexity index is 1370. The number of nitrogens with zero attached hydrogens (tertiary/aromatic N) is 2. The summed E-state index contributed by atoms with van der Waals surface area (Å²) in [5.74, 6) is -0.497. The molecule has 2 aromatic heterocycles. The van der Waals surface area contributed by atoms with Crippen molar-refractivity contribution in [2.45, 2.75) is 0 Å². The van der Waals surface area contributed by atoms with E-state index in [1.54, 1.807) is 55.6 Å². The molecule has 0 fully saturated rings. The predicted octanol–water partition coefficient (Wildman–Crippen LogP) is 3.58. The number of aryl methyl sites for hydroxylation is 1. The Morgan fingerprint density at radius 2 is 1.72 bits per heavy atom. The summed E-state index contributed by atoms with van der Waals surface area (Å²) in [4.78, 5) is 41.1. The maximum Gasteiger partial charge on any atom is 0.333 e. The number of rotatable bonds is 3. The Labute approximate surface area is 174 Å². The summed E-state index contributed by atoms with van der Waals surface area (Å²) < 4.78 is 2.50. The van der Waals surface area contributed by atoms with Crippen molar-refractivity contribution in [3.63, 3.8) is 0 Å². The lowest BCUT2D eigenvalue weighted by molar-refractivity contribution is 0.102. The van der Waals surface area contributed by atoms with Crippen LogP contribution in [-0.4, -0.2) is 20.0 Å². The highest BCUT2D eigenvalue weighted by atomic mass is 35.5. The van der Waals surface area contributed by atoms with Gasteiger partial charge in [-0.25, -0.2) is 9.36 Å². The number of nitrogens with one attached hydrogen (secondary N) is 2. The fraction of sp³-hybridized carbons (Fsp3) is 0.0500. The molecular formula is C20H14Cl2N4O3. The van der Waals surface area contributed by atoms with Crippen LogP contribution in [0, 0.1) is 0 Å². The van der Waals surface area contributed by atoms with E-state index in [-0.39, 0.29) is 16.6 Å². The molecule has 0 saturated heterocycles. The van der Waals surface area contributed by atoms with Crippen LogP contribution in [0.1, 0.15) is 10.4 Å². The number of H-pyrrole nitrogens is 1. The van der Waals surface area contributed by atoms with Gasteiger partial charge in [-0.3, -0.25) is 9.59 Å². The van der Waals surface area contributed by atoms with E-state index in [1.807, 2.05) is 0 Å². The number of aromatic nitrogens is 3. The summed E-state index contributed by atoms with van der Waals surface area (Å²) in [6.07, 6.45) is 1.49. The van der Waals surface area contributed by atoms with Crippen molar-refractivity contribution >= 4 is 45.8 Å². The molecular weight excluding hydrogens is 415 g/mol. The highest BCUT2D eigenvalue weighted by Crippen LogP contribution is 2.23. The maximum atomic E-state index is 13.0. The van der Waals surface area contributed by atoms with Crippen molar-refractivity contribution in [2.75, 3.05) is 5.32 Å². The van der Waals surface area contributed by atoms with E-state index < -0.39 is 17.2 Å². The van der Waals surface area contributed by atoms with Gasteiger partial charge in [0, 0.05) is 18.3 Å². The van der Waals surface area contributed by atoms with Gasteiger partial charge in [-0.1, -0.05) is 35.3 Å². The molecule has 1 amide bonds. The van der Waals surface area contributed by atoms with Gasteiger partial charge in [0.15, 0.2) is 0 Å². The minimum atomic E-state index is -0.664. The Kier molecular flexibility index (Phi) is 4.77. The fourth-order valence-electron chi connectivity index (χ4n) is 3.12. The van der Waals surface area contributed by atoms with Gasteiger partial charge in [0.2, 0.25) is 0 Å². The van der Waals surface area contributed by atoms with Gasteiger partial charge in [-0.05, 0) is 36.4 Å². The minimum Gasteiger partial charge on any atom is -0.344 e. The molecule has 2 N–H and O–H groups in total. The first-order valence-electron chi connectivity index (χ1n) is 8.53. The predicted molar refractivity (Wildman–Crippen MR) is 114 cm³/mol. The van der Waals surface area contributed by atoms with Gasteiger partial charge >= 0.3 is 5.69 Å². The lowest BCUT2D eigenvalue weighted by Crippen LogP contribution is -2.34. The van der Waals surface area contributed by atoms with E-state index in [4.69, 9.17) is 23.2 Å². The number of carbonyl (C=O) groups excluding carboxylic acids is 1. The zero-order valence-corrected chi connectivity index (χ0v) is 16.6. The molecule has 9 heteroatoms. The lowest BCUT2D eigenvalue weighted by atomic mass is 10.2. The standard InChI is InChI=1S/C20H14Cl2N4O3/c1-25-10-13(18(27)23-15-5-3-2-4-14(15)22)16-17(25)19(28)26(20(29)24-16)12-8-6-11(21)7-9-12/h2-10H,1H3,(H,23,27)(H,24,29). The highest BCUT2D eigenvalue weighted by Gasteiger charge is 2.20. The third kappa shape index (κ3) is 3.35. The van der Waals surface area contributed by atoms with Crippen LogP contribution in [0.5, 0.6) is 0 Å². The molecule has 0 aliphatic rings. The van der Waals surface area contributed by atoms with Crippen LogP contribution in [0.15, 0.2) is 64.3 Å². The van der Waals surface area contributed by atoms with Gasteiger partial charge in [0.05, 0.1) is 27.5 Å². The second-order valence-electron chi connectivity index (χ2n) is 6.36. The van der Waals surface area contributed by atoms with Crippen LogP contribution in [0.2, 0.25) is 10.0 Å². The molecule has 2 heterocycles. The molecule has 7 nitrogen and oxygen atoms in total. The first-order valence-corrected chi connectivity index (χ1v) is 9.28. The normalized spacial score (nSPS) is 11.0. The number of hydrogen-bond donors (Lipinski definition) is 2. The van der Waals surface area contributed by atoms with Crippen molar-refractivity contribution in [3.8, 4) is 5.69 Å². The summed E-state index contributed by atoms with van der Waals surface area (Å²) in [7, 11) is 1.63. The van der Waals surface area contributed by atoms with E-state index in [0.29, 0.717) is 21.4 Å². The molecule has 146 valence electrons. The highest BCUT2D eigenvalue weighted by molar-refractivity contribution is 6.34. The molecule has 0 aliphatic carbocycles. The molecule has 0 atom stereocenters. The van der Waals surface area contributed by atoms with Crippen molar-refractivity contribution in [3.05, 3.63) is 91.2 Å². The smallest absolute Gasteiger partial charge is 0.333 e. The lowest BCUT2D eigenvalue weighted by Gasteiger charge is -2.07. The second kappa shape index (κ2) is 7.27. The zero-order chi connectivity index (χ0) is 20.7. The van der Waals surface area contributed by atoms with Gasteiger partial charge in [0.1, 0.15) is 5.52 Å². The first kappa shape index (κ1) is 19.0. The van der Waals surface area contributed by atoms with Gasteiger partial charge in [-0.15, -0.1) is 0 Å². The molecule has 4 rings (SSSR count). The molecule has 0 radical (unpaired) electrons. The van der Waals surface area contributed by atoms with Crippen LogP contribution in [0.3, 0.4) is 0 Å². The molecule has 0 aliphatic heterocycles. The van der Waals surface area contributed by atoms with E-state index in [1.165, 1.54) is 10.8 Å². The number of para-hydroxylation sites is 1. The van der Waals surface area contributed by atoms with E-state index in [9.17, 15) is 14.4 Å². The first-order chi connectivity index (χ1) is 13.9. The minimum absolute atomic E-state index is 0.150. The molecule has 0 saturated carbocycles. The fourth-order valence-corrected chi connectivity index (χ4v) is 3.43. The summed E-state index contributed by atoms with van der Waals surface area (Å²) in [5.41, 5.74) is 0.0630. The van der Waals surface area contributed by atoms with E-state index in [2.05, 4.69) is 10.3 Å². The summed E-state index contributed by atoms with van der Waals surface area (Å²) in [6, 6.07) is 13.1. The number of anilines is 1. The van der Waals surface area contributed by atoms with Gasteiger partial charge in [-0.2, -0.15) is 0 Å². The SMILES string of the molecule is Cn1cc(C(=O)Nc2ccccc2Cl)c2[nH]c(=O)n(-c3ccc(Cl)cc3)c(=O)c21. The molecule has 2 aromatic carbocycles. The molecule has 0 spiro atoms. The molecule has 0 unspecified atom stereocenters. The van der Waals surface area contributed by atoms with Crippen LogP contribution in [0.25, 0.3) is 16.7 Å². The van der Waals surface area contributed by atoms with Crippen molar-refractivity contribution in [1.29, 1.82) is 0 Å². The Hall–Kier alpha value is -3.29. The van der Waals surface area contributed by atoms with Crippen LogP contribution >= 0.6 is 23.2 Å². The molecule has 4 aromatic rings. The number of carbonyl (C=O) groups is 1. The summed E-state index contributed by atoms with van der Waals surface area (Å²) >= 11 is 12.0. The van der Waals surface area contributed by atoms with Gasteiger partial charge in [0.25, 0.3) is 11.5 Å². The second-order valence-corrected chi connectivity index (χ2v) is 7.20. The summed E-state index contributed by atoms with van der Waals surface area (Å²) in [5, 5.41) is 3.55. The van der Waals surface area contributed by atoms with Crippen LogP contribution in [-0.2, 0) is 7.05 Å². The molecule has 29 heavy (non-hydrogen) atoms. The quantitative estimate of drug-likeness (QED) is 0.522. The monoisotopic (exact) mass is 428 g/mol. The maximum absolute atomic E-state index is 13.0. The molecule has 0 bridgehead atoms. The van der Waals surface area contributed by atoms with E-state index >= 15 is 0 Å². The van der Waals surface area contributed by atoms with Crippen molar-refractivity contribution in [2.24, 2.45) is 7.05 Å². The number of amides is 1. The number of aromatic amines is 1. The third-order valence-corrected chi connectivity index (χ3v) is 5.06. The van der Waals surface area contributed by atoms with Gasteiger partial charge < -0.3 is 14.9 Å².